The Balaban J connectivity index is 2.69. The summed E-state index contributed by atoms with van der Waals surface area (Å²) in [5, 5.41) is 12.7. The predicted octanol–water partition coefficient (Wildman–Crippen LogP) is 0.685. The second-order valence-electron chi connectivity index (χ2n) is 4.80. The van der Waals surface area contributed by atoms with E-state index in [0.29, 0.717) is 19.5 Å². The maximum absolute atomic E-state index is 12.1. The van der Waals surface area contributed by atoms with Crippen molar-refractivity contribution in [1.29, 1.82) is 0 Å². The summed E-state index contributed by atoms with van der Waals surface area (Å²) in [6.07, 6.45) is 5.30. The molecule has 6 nitrogen and oxygen atoms in total. The molecular formula is C11H21N3O3S2. The van der Waals surface area contributed by atoms with Crippen LogP contribution in [0.4, 0.5) is 0 Å². The van der Waals surface area contributed by atoms with Gasteiger partial charge in [-0.15, -0.1) is 0 Å². The summed E-state index contributed by atoms with van der Waals surface area (Å²) in [6.45, 7) is 4.87. The van der Waals surface area contributed by atoms with Gasteiger partial charge in [0.15, 0.2) is 0 Å². The van der Waals surface area contributed by atoms with Crippen LogP contribution in [0.1, 0.15) is 20.3 Å². The number of aryl methyl sites for hydroxylation is 1. The first-order valence-electron chi connectivity index (χ1n) is 5.99. The first-order valence-corrected chi connectivity index (χ1v) is 8.70. The lowest BCUT2D eigenvalue weighted by Gasteiger charge is -2.21. The molecule has 1 rings (SSSR count). The third kappa shape index (κ3) is 5.13. The Hall–Kier alpha value is -0.570. The Kier molecular flexibility index (Phi) is 5.84. The van der Waals surface area contributed by atoms with Gasteiger partial charge >= 0.3 is 0 Å². The van der Waals surface area contributed by atoms with Crippen molar-refractivity contribution in [2.24, 2.45) is 0 Å². The van der Waals surface area contributed by atoms with Crippen LogP contribution >= 0.6 is 11.8 Å². The van der Waals surface area contributed by atoms with Crippen LogP contribution in [0.25, 0.3) is 0 Å². The maximum Gasteiger partial charge on any atom is 0.243 e. The van der Waals surface area contributed by atoms with Crippen LogP contribution in [0.3, 0.4) is 0 Å². The zero-order valence-corrected chi connectivity index (χ0v) is 13.1. The first-order chi connectivity index (χ1) is 8.80. The number of aliphatic hydroxyl groups excluding tert-OH is 1. The zero-order valence-electron chi connectivity index (χ0n) is 11.5. The molecule has 0 unspecified atom stereocenters. The van der Waals surface area contributed by atoms with Crippen LogP contribution in [0.15, 0.2) is 17.3 Å². The van der Waals surface area contributed by atoms with Gasteiger partial charge in [-0.3, -0.25) is 4.68 Å². The van der Waals surface area contributed by atoms with Crippen LogP contribution in [0.2, 0.25) is 0 Å². The normalized spacial score (nSPS) is 12.8. The highest BCUT2D eigenvalue weighted by Gasteiger charge is 2.22. The van der Waals surface area contributed by atoms with Crippen molar-refractivity contribution in [2.75, 3.05) is 19.4 Å². The van der Waals surface area contributed by atoms with Crippen LogP contribution in [0.5, 0.6) is 0 Å². The van der Waals surface area contributed by atoms with Gasteiger partial charge < -0.3 is 5.11 Å². The van der Waals surface area contributed by atoms with E-state index in [1.165, 1.54) is 17.1 Å². The fourth-order valence-electron chi connectivity index (χ4n) is 1.26. The fourth-order valence-corrected chi connectivity index (χ4v) is 2.73. The molecule has 19 heavy (non-hydrogen) atoms. The molecule has 1 aromatic heterocycles. The minimum Gasteiger partial charge on any atom is -0.396 e. The number of aliphatic hydroxyl groups is 1. The third-order valence-electron chi connectivity index (χ3n) is 2.71. The summed E-state index contributed by atoms with van der Waals surface area (Å²) in [5.41, 5.74) is 0. The van der Waals surface area contributed by atoms with E-state index in [4.69, 9.17) is 5.11 Å². The largest absolute Gasteiger partial charge is 0.396 e. The number of sulfonamides is 1. The molecule has 0 radical (unpaired) electrons. The Labute approximate surface area is 118 Å². The van der Waals surface area contributed by atoms with Crippen molar-refractivity contribution in [2.45, 2.75) is 36.5 Å². The van der Waals surface area contributed by atoms with Gasteiger partial charge in [-0.25, -0.2) is 13.1 Å². The Morgan fingerprint density at radius 3 is 2.79 bits per heavy atom. The highest BCUT2D eigenvalue weighted by Crippen LogP contribution is 2.20. The standard InChI is InChI=1S/C11H21N3O3S2/c1-11(2,18-3)9-13-19(16,17)10-7-12-14(8-10)5-4-6-15/h7-8,13,15H,4-6,9H2,1-3H3. The van der Waals surface area contributed by atoms with Crippen LogP contribution in [-0.2, 0) is 16.6 Å². The average Bonchev–Trinajstić information content (AvgIpc) is 2.84. The van der Waals surface area contributed by atoms with Gasteiger partial charge in [0.05, 0.1) is 6.20 Å². The van der Waals surface area contributed by atoms with E-state index < -0.39 is 10.0 Å². The molecule has 0 aliphatic heterocycles. The quantitative estimate of drug-likeness (QED) is 0.738. The highest BCUT2D eigenvalue weighted by molar-refractivity contribution is 8.00. The lowest BCUT2D eigenvalue weighted by Crippen LogP contribution is -2.35. The molecule has 0 atom stereocenters. The van der Waals surface area contributed by atoms with Crippen molar-refractivity contribution in [3.05, 3.63) is 12.4 Å². The van der Waals surface area contributed by atoms with Gasteiger partial charge in [0.1, 0.15) is 4.90 Å². The molecular weight excluding hydrogens is 286 g/mol. The molecule has 0 bridgehead atoms. The van der Waals surface area contributed by atoms with Gasteiger partial charge in [0, 0.05) is 30.6 Å². The number of nitrogens with zero attached hydrogens (tertiary/aromatic N) is 2. The fraction of sp³-hybridized carbons (Fsp3) is 0.727. The molecule has 0 spiro atoms. The Morgan fingerprint density at radius 2 is 2.21 bits per heavy atom. The van der Waals surface area contributed by atoms with Gasteiger partial charge in [-0.1, -0.05) is 0 Å². The minimum absolute atomic E-state index is 0.0576. The molecule has 1 aromatic rings. The summed E-state index contributed by atoms with van der Waals surface area (Å²) in [6, 6.07) is 0. The van der Waals surface area contributed by atoms with Crippen molar-refractivity contribution in [3.8, 4) is 0 Å². The molecule has 110 valence electrons. The number of rotatable bonds is 8. The van der Waals surface area contributed by atoms with E-state index >= 15 is 0 Å². The summed E-state index contributed by atoms with van der Waals surface area (Å²) in [5.74, 6) is 0. The average molecular weight is 307 g/mol. The van der Waals surface area contributed by atoms with Crippen molar-refractivity contribution >= 4 is 21.8 Å². The lowest BCUT2D eigenvalue weighted by molar-refractivity contribution is 0.277. The van der Waals surface area contributed by atoms with Gasteiger partial charge in [-0.2, -0.15) is 16.9 Å². The van der Waals surface area contributed by atoms with Crippen molar-refractivity contribution in [3.63, 3.8) is 0 Å². The molecule has 2 N–H and O–H groups in total. The number of nitrogens with one attached hydrogen (secondary N) is 1. The van der Waals surface area contributed by atoms with E-state index in [2.05, 4.69) is 9.82 Å². The van der Waals surface area contributed by atoms with E-state index in [-0.39, 0.29) is 16.2 Å². The molecule has 1 heterocycles. The third-order valence-corrected chi connectivity index (χ3v) is 5.31. The molecule has 0 saturated heterocycles. The van der Waals surface area contributed by atoms with E-state index in [1.807, 2.05) is 20.1 Å². The summed E-state index contributed by atoms with van der Waals surface area (Å²) >= 11 is 1.60. The highest BCUT2D eigenvalue weighted by atomic mass is 32.2. The molecule has 0 aromatic carbocycles. The van der Waals surface area contributed by atoms with Crippen molar-refractivity contribution < 1.29 is 13.5 Å². The van der Waals surface area contributed by atoms with Crippen molar-refractivity contribution in [1.82, 2.24) is 14.5 Å². The maximum atomic E-state index is 12.1. The smallest absolute Gasteiger partial charge is 0.243 e. The van der Waals surface area contributed by atoms with Gasteiger partial charge in [0.25, 0.3) is 0 Å². The van der Waals surface area contributed by atoms with Crippen LogP contribution in [0, 0.1) is 0 Å². The first kappa shape index (κ1) is 16.5. The number of hydrogen-bond acceptors (Lipinski definition) is 5. The molecule has 0 saturated carbocycles. The second-order valence-corrected chi connectivity index (χ2v) is 8.09. The van der Waals surface area contributed by atoms with Crippen LogP contribution < -0.4 is 4.72 Å². The molecule has 0 fully saturated rings. The van der Waals surface area contributed by atoms with Crippen LogP contribution in [-0.4, -0.2) is 47.5 Å². The van der Waals surface area contributed by atoms with E-state index in [1.54, 1.807) is 11.8 Å². The van der Waals surface area contributed by atoms with E-state index in [0.717, 1.165) is 0 Å². The minimum atomic E-state index is -3.52. The molecule has 0 aliphatic carbocycles. The summed E-state index contributed by atoms with van der Waals surface area (Å²) < 4.78 is 28.1. The lowest BCUT2D eigenvalue weighted by atomic mass is 10.2. The van der Waals surface area contributed by atoms with E-state index in [9.17, 15) is 8.42 Å². The Morgan fingerprint density at radius 1 is 1.53 bits per heavy atom. The zero-order chi connectivity index (χ0) is 14.5. The summed E-state index contributed by atoms with van der Waals surface area (Å²) in [4.78, 5) is 0.155. The predicted molar refractivity (Wildman–Crippen MR) is 76.7 cm³/mol. The summed E-state index contributed by atoms with van der Waals surface area (Å²) in [7, 11) is -3.52. The number of hydrogen-bond donors (Lipinski definition) is 2. The Bertz CT molecular complexity index is 497. The molecule has 0 aliphatic rings. The SMILES string of the molecule is CSC(C)(C)CNS(=O)(=O)c1cnn(CCCO)c1. The van der Waals surface area contributed by atoms with Gasteiger partial charge in [-0.05, 0) is 26.5 Å². The van der Waals surface area contributed by atoms with Gasteiger partial charge in [0.2, 0.25) is 10.0 Å². The topological polar surface area (TPSA) is 84.2 Å². The number of thioether (sulfide) groups is 1. The number of aromatic nitrogens is 2. The second kappa shape index (κ2) is 6.74. The molecule has 0 amide bonds. The monoisotopic (exact) mass is 307 g/mol. The molecule has 8 heteroatoms.